The van der Waals surface area contributed by atoms with Crippen molar-refractivity contribution in [2.45, 2.75) is 74.8 Å². The zero-order valence-corrected chi connectivity index (χ0v) is 22.5. The number of aliphatic hydroxyl groups is 7. The number of allylic oxidation sites excluding steroid dienone is 1. The van der Waals surface area contributed by atoms with Crippen LogP contribution in [0.2, 0.25) is 0 Å². The molecule has 3 aliphatic heterocycles. The van der Waals surface area contributed by atoms with Crippen LogP contribution in [0.5, 0.6) is 11.5 Å². The molecule has 1 aromatic carbocycles. The Morgan fingerprint density at radius 1 is 0.881 bits per heavy atom. The summed E-state index contributed by atoms with van der Waals surface area (Å²) in [7, 11) is 0. The summed E-state index contributed by atoms with van der Waals surface area (Å²) in [5.41, 5.74) is 0.967. The number of aromatic hydroxyl groups is 1. The smallest absolute Gasteiger partial charge is 0.196 e. The SMILES string of the molecule is Cc1cc(=O)c2c(O)cc3c(c2o1)CC=C(CO[C@H]1O[C@@H](CO[C@H]2O[C@@H](CO)[C@@H](O)[C@@H](O)[C@H]2O)[C@@H](O)[C@@H](O)[C@@H]1O)CO3. The maximum atomic E-state index is 12.4. The monoisotopic (exact) mass is 598 g/mol. The molecule has 15 nitrogen and oxygen atoms in total. The van der Waals surface area contributed by atoms with Crippen molar-refractivity contribution in [2.24, 2.45) is 0 Å². The van der Waals surface area contributed by atoms with Gasteiger partial charge in [-0.15, -0.1) is 0 Å². The van der Waals surface area contributed by atoms with Crippen molar-refractivity contribution < 1.29 is 69.0 Å². The lowest BCUT2D eigenvalue weighted by molar-refractivity contribution is -0.330. The van der Waals surface area contributed by atoms with Gasteiger partial charge in [0.15, 0.2) is 18.0 Å². The van der Waals surface area contributed by atoms with Gasteiger partial charge in [0.05, 0.1) is 19.8 Å². The first-order valence-electron chi connectivity index (χ1n) is 13.3. The van der Waals surface area contributed by atoms with E-state index >= 15 is 0 Å². The van der Waals surface area contributed by atoms with Crippen molar-refractivity contribution in [1.29, 1.82) is 0 Å². The minimum absolute atomic E-state index is 0.0195. The van der Waals surface area contributed by atoms with E-state index in [0.29, 0.717) is 22.6 Å². The molecule has 0 spiro atoms. The molecule has 15 heteroatoms. The number of hydrogen-bond acceptors (Lipinski definition) is 15. The zero-order valence-electron chi connectivity index (χ0n) is 22.5. The predicted octanol–water partition coefficient (Wildman–Crippen LogP) is -2.69. The van der Waals surface area contributed by atoms with Gasteiger partial charge in [0.25, 0.3) is 0 Å². The molecule has 0 amide bonds. The summed E-state index contributed by atoms with van der Waals surface area (Å²) in [5.74, 6) is 0.407. The molecule has 0 unspecified atom stereocenters. The van der Waals surface area contributed by atoms with E-state index in [9.17, 15) is 45.6 Å². The first-order chi connectivity index (χ1) is 20.0. The number of ether oxygens (including phenoxy) is 5. The molecule has 1 aromatic heterocycles. The molecule has 0 bridgehead atoms. The topological polar surface area (TPSA) is 238 Å². The fraction of sp³-hybridized carbons (Fsp3) is 0.593. The highest BCUT2D eigenvalue weighted by atomic mass is 16.7. The summed E-state index contributed by atoms with van der Waals surface area (Å²) in [6.45, 7) is 0.352. The molecule has 42 heavy (non-hydrogen) atoms. The van der Waals surface area contributed by atoms with Crippen LogP contribution >= 0.6 is 0 Å². The van der Waals surface area contributed by atoms with Crippen LogP contribution in [0.1, 0.15) is 11.3 Å². The first kappa shape index (κ1) is 30.8. The molecule has 0 aliphatic carbocycles. The number of fused-ring (bicyclic) bond motifs is 3. The van der Waals surface area contributed by atoms with Crippen LogP contribution in [0, 0.1) is 6.92 Å². The van der Waals surface area contributed by atoms with Gasteiger partial charge in [0.2, 0.25) is 0 Å². The predicted molar refractivity (Wildman–Crippen MR) is 139 cm³/mol. The quantitative estimate of drug-likeness (QED) is 0.151. The van der Waals surface area contributed by atoms with Crippen molar-refractivity contribution in [3.05, 3.63) is 45.3 Å². The molecule has 2 aromatic rings. The Kier molecular flexibility index (Phi) is 9.17. The molecule has 8 N–H and O–H groups in total. The fourth-order valence-electron chi connectivity index (χ4n) is 5.13. The van der Waals surface area contributed by atoms with Crippen LogP contribution in [-0.2, 0) is 25.4 Å². The lowest BCUT2D eigenvalue weighted by atomic mass is 9.98. The van der Waals surface area contributed by atoms with Gasteiger partial charge >= 0.3 is 0 Å². The molecule has 4 heterocycles. The normalized spacial score (nSPS) is 35.3. The molecular formula is C27H34O15. The van der Waals surface area contributed by atoms with E-state index in [-0.39, 0.29) is 41.8 Å². The van der Waals surface area contributed by atoms with Crippen LogP contribution in [0.4, 0.5) is 0 Å². The minimum atomic E-state index is -1.70. The largest absolute Gasteiger partial charge is 0.507 e. The van der Waals surface area contributed by atoms with Crippen LogP contribution in [-0.4, -0.2) is 129 Å². The average Bonchev–Trinajstić information content (AvgIpc) is 3.16. The maximum absolute atomic E-state index is 12.4. The number of aliphatic hydroxyl groups excluding tert-OH is 7. The Balaban J connectivity index is 1.23. The third-order valence-corrected chi connectivity index (χ3v) is 7.55. The van der Waals surface area contributed by atoms with Gasteiger partial charge < -0.3 is 69.0 Å². The number of hydrogen-bond donors (Lipinski definition) is 8. The Bertz CT molecular complexity index is 1360. The van der Waals surface area contributed by atoms with Crippen LogP contribution in [0.25, 0.3) is 11.0 Å². The molecule has 10 atom stereocenters. The van der Waals surface area contributed by atoms with Crippen molar-refractivity contribution in [3.63, 3.8) is 0 Å². The molecule has 3 aliphatic rings. The highest BCUT2D eigenvalue weighted by Crippen LogP contribution is 2.36. The first-order valence-corrected chi connectivity index (χ1v) is 13.3. The van der Waals surface area contributed by atoms with E-state index < -0.39 is 74.6 Å². The Morgan fingerprint density at radius 2 is 1.52 bits per heavy atom. The van der Waals surface area contributed by atoms with E-state index in [1.165, 1.54) is 12.1 Å². The highest BCUT2D eigenvalue weighted by molar-refractivity contribution is 5.88. The third-order valence-electron chi connectivity index (χ3n) is 7.55. The molecule has 0 radical (unpaired) electrons. The Labute approximate surface area is 238 Å². The van der Waals surface area contributed by atoms with Gasteiger partial charge in [-0.05, 0) is 18.9 Å². The maximum Gasteiger partial charge on any atom is 0.196 e. The summed E-state index contributed by atoms with van der Waals surface area (Å²) < 4.78 is 33.6. The molecular weight excluding hydrogens is 564 g/mol. The van der Waals surface area contributed by atoms with E-state index in [0.717, 1.165) is 0 Å². The number of phenols is 1. The Morgan fingerprint density at radius 3 is 2.21 bits per heavy atom. The summed E-state index contributed by atoms with van der Waals surface area (Å²) in [5, 5.41) is 81.1. The van der Waals surface area contributed by atoms with Gasteiger partial charge in [0.1, 0.15) is 83.7 Å². The van der Waals surface area contributed by atoms with Crippen molar-refractivity contribution in [3.8, 4) is 11.5 Å². The number of phenolic OH excluding ortho intramolecular Hbond substituents is 1. The van der Waals surface area contributed by atoms with Crippen molar-refractivity contribution in [2.75, 3.05) is 26.4 Å². The van der Waals surface area contributed by atoms with Crippen molar-refractivity contribution in [1.82, 2.24) is 0 Å². The molecule has 2 fully saturated rings. The summed E-state index contributed by atoms with van der Waals surface area (Å²) in [4.78, 5) is 12.4. The van der Waals surface area contributed by atoms with Crippen LogP contribution in [0.3, 0.4) is 0 Å². The second-order valence-electron chi connectivity index (χ2n) is 10.5. The van der Waals surface area contributed by atoms with Crippen molar-refractivity contribution >= 4 is 11.0 Å². The number of benzene rings is 1. The Hall–Kier alpha value is -2.67. The zero-order chi connectivity index (χ0) is 30.3. The van der Waals surface area contributed by atoms with Gasteiger partial charge in [-0.3, -0.25) is 4.79 Å². The van der Waals surface area contributed by atoms with Gasteiger partial charge in [0, 0.05) is 17.7 Å². The minimum Gasteiger partial charge on any atom is -0.507 e. The summed E-state index contributed by atoms with van der Waals surface area (Å²) >= 11 is 0. The lowest BCUT2D eigenvalue weighted by Gasteiger charge is -2.42. The summed E-state index contributed by atoms with van der Waals surface area (Å²) in [6, 6.07) is 2.62. The fourth-order valence-corrected chi connectivity index (χ4v) is 5.13. The standard InChI is InChI=1S/C27H34O15/c1-10-4-13(29)18-14(30)5-15-12(25(18)40-10)3-2-11(7-37-15)8-38-26-24(36)22(34)20(32)17(42-26)9-39-27-23(35)21(33)19(31)16(6-28)41-27/h2,4-5,16-17,19-24,26-28,30-36H,3,6-9H2,1H3/t16-,17-,19+,20+,21+,22+,23+,24-,26-,27-/m0/s1. The third kappa shape index (κ3) is 5.91. The van der Waals surface area contributed by atoms with Gasteiger partial charge in [-0.25, -0.2) is 0 Å². The van der Waals surface area contributed by atoms with E-state index in [2.05, 4.69) is 0 Å². The van der Waals surface area contributed by atoms with Gasteiger partial charge in [-0.1, -0.05) is 6.08 Å². The highest BCUT2D eigenvalue weighted by Gasteiger charge is 2.47. The summed E-state index contributed by atoms with van der Waals surface area (Å²) in [6.07, 6.45) is -13.3. The molecule has 232 valence electrons. The molecule has 0 saturated carbocycles. The number of aryl methyl sites for hydroxylation is 1. The lowest BCUT2D eigenvalue weighted by Crippen LogP contribution is -2.61. The van der Waals surface area contributed by atoms with E-state index in [1.807, 2.05) is 0 Å². The second kappa shape index (κ2) is 12.5. The molecule has 2 saturated heterocycles. The van der Waals surface area contributed by atoms with E-state index in [4.69, 9.17) is 28.1 Å². The van der Waals surface area contributed by atoms with Crippen LogP contribution < -0.4 is 10.2 Å². The number of rotatable bonds is 7. The molecule has 5 rings (SSSR count). The van der Waals surface area contributed by atoms with Crippen LogP contribution in [0.15, 0.2) is 33.0 Å². The van der Waals surface area contributed by atoms with E-state index in [1.54, 1.807) is 13.0 Å². The average molecular weight is 599 g/mol. The van der Waals surface area contributed by atoms with Gasteiger partial charge in [-0.2, -0.15) is 0 Å². The second-order valence-corrected chi connectivity index (χ2v) is 10.5.